The molecule has 0 unspecified atom stereocenters. The molecule has 6 rings (SSSR count). The Morgan fingerprint density at radius 2 is 1.78 bits per heavy atom. The summed E-state index contributed by atoms with van der Waals surface area (Å²) in [6.07, 6.45) is 2.39. The van der Waals surface area contributed by atoms with Crippen molar-refractivity contribution in [3.05, 3.63) is 117 Å². The van der Waals surface area contributed by atoms with Crippen LogP contribution in [-0.4, -0.2) is 31.5 Å². The molecule has 0 spiro atoms. The Labute approximate surface area is 238 Å². The van der Waals surface area contributed by atoms with Gasteiger partial charge in [-0.3, -0.25) is 14.5 Å². The number of aryl methyl sites for hydroxylation is 2. The number of imide groups is 1. The molecule has 2 amide bonds. The summed E-state index contributed by atoms with van der Waals surface area (Å²) in [5, 5.41) is 4.85. The van der Waals surface area contributed by atoms with E-state index in [-0.39, 0.29) is 11.6 Å². The van der Waals surface area contributed by atoms with Crippen LogP contribution >= 0.6 is 11.6 Å². The number of nitrogens with zero attached hydrogens (tertiary/aromatic N) is 4. The molecule has 41 heavy (non-hydrogen) atoms. The molecular weight excluding hydrogens is 550 g/mol. The number of para-hydroxylation sites is 1. The Balaban J connectivity index is 1.37. The molecule has 0 bridgehead atoms. The summed E-state index contributed by atoms with van der Waals surface area (Å²) in [5.74, 6) is -1.56. The maximum atomic E-state index is 14.6. The number of carbonyl (C=O) groups excluding carboxylic acids is 2. The van der Waals surface area contributed by atoms with Crippen LogP contribution in [0.25, 0.3) is 16.6 Å². The molecule has 0 aliphatic carbocycles. The summed E-state index contributed by atoms with van der Waals surface area (Å²) in [7, 11) is 0. The first kappa shape index (κ1) is 26.6. The van der Waals surface area contributed by atoms with Crippen molar-refractivity contribution in [3.63, 3.8) is 0 Å². The second-order valence-electron chi connectivity index (χ2n) is 9.94. The highest BCUT2D eigenvalue weighted by molar-refractivity contribution is 6.31. The van der Waals surface area contributed by atoms with E-state index in [1.807, 2.05) is 6.07 Å². The highest BCUT2D eigenvalue weighted by Crippen LogP contribution is 2.37. The first-order chi connectivity index (χ1) is 19.6. The highest BCUT2D eigenvalue weighted by Gasteiger charge is 2.40. The minimum absolute atomic E-state index is 0.0942. The Bertz CT molecular complexity index is 1890. The van der Waals surface area contributed by atoms with Gasteiger partial charge in [-0.1, -0.05) is 35.9 Å². The number of rotatable bonds is 6. The number of carbonyl (C=O) groups is 2. The molecule has 0 saturated heterocycles. The van der Waals surface area contributed by atoms with Gasteiger partial charge in [0.1, 0.15) is 23.7 Å². The summed E-state index contributed by atoms with van der Waals surface area (Å²) in [6.45, 7) is 5.14. The van der Waals surface area contributed by atoms with Crippen molar-refractivity contribution in [2.45, 2.75) is 33.4 Å². The molecule has 5 aromatic rings. The molecule has 10 heteroatoms. The minimum atomic E-state index is -0.831. The standard InChI is InChI=1S/C31H23ClF2N4O3/c1-16-6-4-8-22-28(16)31(40)38(30(22)39)18(3)23-11-19(33)12-25(32)24(23)15-41-27-9-5-7-21-26(10-17(2)36-29(21)27)37-14-20(34)13-35-37/h4-14,18H,15H2,1-3H3/t18-/m0/s1. The number of ether oxygens (including phenoxy) is 1. The SMILES string of the molecule is Cc1cc(-n2cc(F)cn2)c2cccc(OCc3c(Cl)cc(F)cc3[C@H](C)N3C(=O)c4cccc(C)c4C3=O)c2n1. The summed E-state index contributed by atoms with van der Waals surface area (Å²) < 4.78 is 36.0. The number of halogens is 3. The van der Waals surface area contributed by atoms with Crippen LogP contribution in [0.3, 0.4) is 0 Å². The number of hydrogen-bond donors (Lipinski definition) is 0. The third kappa shape index (κ3) is 4.52. The first-order valence-corrected chi connectivity index (χ1v) is 13.2. The molecule has 2 aromatic heterocycles. The number of pyridine rings is 1. The molecule has 206 valence electrons. The number of amides is 2. The fourth-order valence-electron chi connectivity index (χ4n) is 5.33. The second kappa shape index (κ2) is 10.1. The minimum Gasteiger partial charge on any atom is -0.487 e. The van der Waals surface area contributed by atoms with Crippen molar-refractivity contribution >= 4 is 34.3 Å². The van der Waals surface area contributed by atoms with Crippen molar-refractivity contribution in [3.8, 4) is 11.4 Å². The molecule has 0 saturated carbocycles. The van der Waals surface area contributed by atoms with Gasteiger partial charge in [0.2, 0.25) is 0 Å². The molecule has 0 N–H and O–H groups in total. The first-order valence-electron chi connectivity index (χ1n) is 12.8. The van der Waals surface area contributed by atoms with Crippen LogP contribution in [0.5, 0.6) is 5.75 Å². The van der Waals surface area contributed by atoms with E-state index >= 15 is 0 Å². The smallest absolute Gasteiger partial charge is 0.262 e. The lowest BCUT2D eigenvalue weighted by molar-refractivity contribution is 0.0593. The van der Waals surface area contributed by atoms with Crippen LogP contribution in [0.2, 0.25) is 5.02 Å². The molecule has 3 aromatic carbocycles. The molecule has 0 fully saturated rings. The van der Waals surface area contributed by atoms with Crippen LogP contribution in [0, 0.1) is 25.5 Å². The zero-order valence-corrected chi connectivity index (χ0v) is 23.0. The fraction of sp³-hybridized carbons (Fsp3) is 0.161. The van der Waals surface area contributed by atoms with Gasteiger partial charge in [-0.15, -0.1) is 0 Å². The molecule has 1 atom stereocenters. The Kier molecular flexibility index (Phi) is 6.54. The summed E-state index contributed by atoms with van der Waals surface area (Å²) in [6, 6.07) is 13.8. The number of benzene rings is 3. The summed E-state index contributed by atoms with van der Waals surface area (Å²) >= 11 is 6.52. The zero-order valence-electron chi connectivity index (χ0n) is 22.3. The van der Waals surface area contributed by atoms with Crippen LogP contribution in [0.1, 0.15) is 56.1 Å². The van der Waals surface area contributed by atoms with E-state index in [0.29, 0.717) is 55.9 Å². The van der Waals surface area contributed by atoms with E-state index in [9.17, 15) is 18.4 Å². The molecule has 3 heterocycles. The van der Waals surface area contributed by atoms with E-state index in [1.54, 1.807) is 57.2 Å². The lowest BCUT2D eigenvalue weighted by Crippen LogP contribution is -2.33. The zero-order chi connectivity index (χ0) is 29.0. The number of fused-ring (bicyclic) bond motifs is 2. The van der Waals surface area contributed by atoms with E-state index in [0.717, 1.165) is 11.1 Å². The van der Waals surface area contributed by atoms with Crippen LogP contribution in [-0.2, 0) is 6.61 Å². The van der Waals surface area contributed by atoms with E-state index in [2.05, 4.69) is 10.1 Å². The molecule has 7 nitrogen and oxygen atoms in total. The Morgan fingerprint density at radius 1 is 1.00 bits per heavy atom. The van der Waals surface area contributed by atoms with Crippen molar-refractivity contribution in [1.82, 2.24) is 19.7 Å². The molecule has 0 radical (unpaired) electrons. The van der Waals surface area contributed by atoms with Crippen molar-refractivity contribution in [2.75, 3.05) is 0 Å². The van der Waals surface area contributed by atoms with Gasteiger partial charge in [0.15, 0.2) is 5.82 Å². The summed E-state index contributed by atoms with van der Waals surface area (Å²) in [4.78, 5) is 32.4. The van der Waals surface area contributed by atoms with Crippen molar-refractivity contribution < 1.29 is 23.1 Å². The Hall–Kier alpha value is -4.63. The third-order valence-corrected chi connectivity index (χ3v) is 7.60. The van der Waals surface area contributed by atoms with Gasteiger partial charge in [-0.2, -0.15) is 5.10 Å². The second-order valence-corrected chi connectivity index (χ2v) is 10.3. The maximum Gasteiger partial charge on any atom is 0.262 e. The Morgan fingerprint density at radius 3 is 2.51 bits per heavy atom. The molecule has 1 aliphatic heterocycles. The van der Waals surface area contributed by atoms with Gasteiger partial charge in [-0.05, 0) is 62.2 Å². The highest BCUT2D eigenvalue weighted by atomic mass is 35.5. The summed E-state index contributed by atoms with van der Waals surface area (Å²) in [5.41, 5.74) is 3.91. The predicted molar refractivity (Wildman–Crippen MR) is 149 cm³/mol. The van der Waals surface area contributed by atoms with Gasteiger partial charge in [0.25, 0.3) is 11.8 Å². The number of aromatic nitrogens is 3. The normalized spacial score (nSPS) is 13.7. The van der Waals surface area contributed by atoms with Gasteiger partial charge in [0.05, 0.1) is 40.3 Å². The molecule has 1 aliphatic rings. The van der Waals surface area contributed by atoms with Gasteiger partial charge in [0, 0.05) is 16.6 Å². The van der Waals surface area contributed by atoms with E-state index in [1.165, 1.54) is 23.0 Å². The lowest BCUT2D eigenvalue weighted by Gasteiger charge is -2.26. The van der Waals surface area contributed by atoms with E-state index < -0.39 is 29.5 Å². The predicted octanol–water partition coefficient (Wildman–Crippen LogP) is 6.91. The quantitative estimate of drug-likeness (QED) is 0.207. The van der Waals surface area contributed by atoms with Gasteiger partial charge < -0.3 is 4.74 Å². The lowest BCUT2D eigenvalue weighted by atomic mass is 10.00. The van der Waals surface area contributed by atoms with Crippen LogP contribution in [0.15, 0.2) is 67.0 Å². The maximum absolute atomic E-state index is 14.6. The fourth-order valence-corrected chi connectivity index (χ4v) is 5.60. The topological polar surface area (TPSA) is 77.3 Å². The van der Waals surface area contributed by atoms with Crippen molar-refractivity contribution in [2.24, 2.45) is 0 Å². The van der Waals surface area contributed by atoms with E-state index in [4.69, 9.17) is 16.3 Å². The van der Waals surface area contributed by atoms with Gasteiger partial charge >= 0.3 is 0 Å². The average molecular weight is 573 g/mol. The number of hydrogen-bond acceptors (Lipinski definition) is 5. The monoisotopic (exact) mass is 572 g/mol. The average Bonchev–Trinajstić information content (AvgIpc) is 3.48. The van der Waals surface area contributed by atoms with Crippen LogP contribution < -0.4 is 4.74 Å². The largest absolute Gasteiger partial charge is 0.487 e. The third-order valence-electron chi connectivity index (χ3n) is 7.27. The van der Waals surface area contributed by atoms with Crippen LogP contribution in [0.4, 0.5) is 8.78 Å². The van der Waals surface area contributed by atoms with Gasteiger partial charge in [-0.25, -0.2) is 18.4 Å². The molecular formula is C31H23ClF2N4O3. The van der Waals surface area contributed by atoms with Crippen molar-refractivity contribution in [1.29, 1.82) is 0 Å².